The quantitative estimate of drug-likeness (QED) is 0.617. The first kappa shape index (κ1) is 14.6. The lowest BCUT2D eigenvalue weighted by Crippen LogP contribution is -2.17. The third-order valence-electron chi connectivity index (χ3n) is 2.70. The fourth-order valence-electron chi connectivity index (χ4n) is 1.76. The lowest BCUT2D eigenvalue weighted by molar-refractivity contribution is -0.144. The van der Waals surface area contributed by atoms with Crippen molar-refractivity contribution in [1.29, 1.82) is 5.26 Å². The summed E-state index contributed by atoms with van der Waals surface area (Å²) >= 11 is 0. The topological polar surface area (TPSA) is 89.5 Å². The minimum atomic E-state index is -0.833. The number of hydrogen-bond acceptors (Lipinski definition) is 6. The molecule has 2 rings (SSSR count). The van der Waals surface area contributed by atoms with Crippen LogP contribution in [0.1, 0.15) is 13.3 Å². The normalized spacial score (nSPS) is 11.6. The van der Waals surface area contributed by atoms with Crippen LogP contribution in [0.3, 0.4) is 0 Å². The molecule has 108 valence electrons. The maximum absolute atomic E-state index is 11.1. The minimum absolute atomic E-state index is 0.202. The molecule has 0 radical (unpaired) electrons. The number of benzene rings is 1. The van der Waals surface area contributed by atoms with Gasteiger partial charge in [0.15, 0.2) is 6.10 Å². The maximum Gasteiger partial charge on any atom is 0.336 e. The molecule has 0 fully saturated rings. The smallest absolute Gasteiger partial charge is 0.336 e. The Morgan fingerprint density at radius 3 is 2.86 bits per heavy atom. The summed E-state index contributed by atoms with van der Waals surface area (Å²) in [5.74, 6) is 0.00500. The SMILES string of the molecule is CC(=O)OC(C#N)CCOc1ccc2ccc(=O)oc2c1. The van der Waals surface area contributed by atoms with Gasteiger partial charge in [-0.3, -0.25) is 4.79 Å². The molecule has 6 heteroatoms. The van der Waals surface area contributed by atoms with Crippen molar-refractivity contribution >= 4 is 16.9 Å². The highest BCUT2D eigenvalue weighted by Gasteiger charge is 2.10. The van der Waals surface area contributed by atoms with Gasteiger partial charge in [-0.1, -0.05) is 0 Å². The van der Waals surface area contributed by atoms with E-state index < -0.39 is 17.7 Å². The van der Waals surface area contributed by atoms with Crippen LogP contribution in [-0.2, 0) is 9.53 Å². The average molecular weight is 287 g/mol. The van der Waals surface area contributed by atoms with E-state index >= 15 is 0 Å². The highest BCUT2D eigenvalue weighted by Crippen LogP contribution is 2.19. The number of carbonyl (C=O) groups is 1. The summed E-state index contributed by atoms with van der Waals surface area (Å²) in [7, 11) is 0. The van der Waals surface area contributed by atoms with E-state index in [1.165, 1.54) is 13.0 Å². The number of rotatable bonds is 5. The molecule has 2 aromatic rings. The molecule has 1 heterocycles. The van der Waals surface area contributed by atoms with Crippen LogP contribution in [0.4, 0.5) is 0 Å². The molecular weight excluding hydrogens is 274 g/mol. The predicted octanol–water partition coefficient (Wildman–Crippen LogP) is 2.02. The van der Waals surface area contributed by atoms with E-state index in [-0.39, 0.29) is 13.0 Å². The van der Waals surface area contributed by atoms with Crippen LogP contribution in [0.25, 0.3) is 11.0 Å². The van der Waals surface area contributed by atoms with Crippen molar-refractivity contribution in [2.45, 2.75) is 19.4 Å². The molecule has 0 aliphatic rings. The summed E-state index contributed by atoms with van der Waals surface area (Å²) in [6, 6.07) is 9.98. The van der Waals surface area contributed by atoms with E-state index in [9.17, 15) is 9.59 Å². The Bertz CT molecular complexity index is 744. The van der Waals surface area contributed by atoms with Gasteiger partial charge < -0.3 is 13.9 Å². The van der Waals surface area contributed by atoms with E-state index in [0.29, 0.717) is 11.3 Å². The Balaban J connectivity index is 1.99. The van der Waals surface area contributed by atoms with Gasteiger partial charge in [-0.2, -0.15) is 5.26 Å². The van der Waals surface area contributed by atoms with Crippen molar-refractivity contribution in [3.05, 3.63) is 40.8 Å². The van der Waals surface area contributed by atoms with Crippen LogP contribution in [-0.4, -0.2) is 18.7 Å². The van der Waals surface area contributed by atoms with Crippen LogP contribution >= 0.6 is 0 Å². The Kier molecular flexibility index (Phi) is 4.57. The number of hydrogen-bond donors (Lipinski definition) is 0. The zero-order valence-electron chi connectivity index (χ0n) is 11.4. The summed E-state index contributed by atoms with van der Waals surface area (Å²) in [6.45, 7) is 1.45. The lowest BCUT2D eigenvalue weighted by Gasteiger charge is -2.10. The van der Waals surface area contributed by atoms with Gasteiger partial charge in [0.1, 0.15) is 17.4 Å². The molecule has 0 saturated heterocycles. The van der Waals surface area contributed by atoms with Gasteiger partial charge in [-0.15, -0.1) is 0 Å². The molecule has 1 aromatic carbocycles. The first-order chi connectivity index (χ1) is 10.1. The monoisotopic (exact) mass is 287 g/mol. The molecule has 1 unspecified atom stereocenters. The van der Waals surface area contributed by atoms with E-state index in [4.69, 9.17) is 19.2 Å². The van der Waals surface area contributed by atoms with Gasteiger partial charge in [0.05, 0.1) is 6.61 Å². The summed E-state index contributed by atoms with van der Waals surface area (Å²) in [5, 5.41) is 9.60. The molecule has 21 heavy (non-hydrogen) atoms. The van der Waals surface area contributed by atoms with Crippen molar-refractivity contribution in [2.24, 2.45) is 0 Å². The van der Waals surface area contributed by atoms with Crippen molar-refractivity contribution in [3.8, 4) is 11.8 Å². The van der Waals surface area contributed by atoms with Crippen molar-refractivity contribution in [1.82, 2.24) is 0 Å². The third-order valence-corrected chi connectivity index (χ3v) is 2.70. The van der Waals surface area contributed by atoms with Gasteiger partial charge in [-0.05, 0) is 18.2 Å². The van der Waals surface area contributed by atoms with Crippen molar-refractivity contribution in [2.75, 3.05) is 6.61 Å². The largest absolute Gasteiger partial charge is 0.493 e. The second-order valence-electron chi connectivity index (χ2n) is 4.32. The van der Waals surface area contributed by atoms with Crippen LogP contribution in [0.2, 0.25) is 0 Å². The molecule has 0 aliphatic heterocycles. The summed E-state index contributed by atoms with van der Waals surface area (Å²) < 4.78 is 15.3. The summed E-state index contributed by atoms with van der Waals surface area (Å²) in [5.41, 5.74) is -0.00382. The molecule has 0 bridgehead atoms. The Labute approximate surface area is 120 Å². The van der Waals surface area contributed by atoms with Gasteiger partial charge in [0.2, 0.25) is 0 Å². The van der Waals surface area contributed by atoms with E-state index in [2.05, 4.69) is 0 Å². The first-order valence-corrected chi connectivity index (χ1v) is 6.32. The Morgan fingerprint density at radius 2 is 2.14 bits per heavy atom. The van der Waals surface area contributed by atoms with E-state index in [1.54, 1.807) is 24.3 Å². The molecule has 0 saturated carbocycles. The number of carbonyl (C=O) groups excluding carboxylic acids is 1. The Morgan fingerprint density at radius 1 is 1.38 bits per heavy atom. The number of fused-ring (bicyclic) bond motifs is 1. The maximum atomic E-state index is 11.1. The first-order valence-electron chi connectivity index (χ1n) is 6.32. The molecule has 1 aromatic heterocycles. The predicted molar refractivity (Wildman–Crippen MR) is 73.8 cm³/mol. The molecule has 0 amide bonds. The molecule has 6 nitrogen and oxygen atoms in total. The lowest BCUT2D eigenvalue weighted by atomic mass is 10.2. The summed E-state index contributed by atoms with van der Waals surface area (Å²) in [6.07, 6.45) is -0.576. The number of nitriles is 1. The van der Waals surface area contributed by atoms with E-state index in [1.807, 2.05) is 6.07 Å². The van der Waals surface area contributed by atoms with Crippen molar-refractivity contribution in [3.63, 3.8) is 0 Å². The number of ether oxygens (including phenoxy) is 2. The second-order valence-corrected chi connectivity index (χ2v) is 4.32. The van der Waals surface area contributed by atoms with Crippen LogP contribution < -0.4 is 10.4 Å². The average Bonchev–Trinajstić information content (AvgIpc) is 2.45. The van der Waals surface area contributed by atoms with Gasteiger partial charge in [0.25, 0.3) is 0 Å². The van der Waals surface area contributed by atoms with Crippen molar-refractivity contribution < 1.29 is 18.7 Å². The summed E-state index contributed by atoms with van der Waals surface area (Å²) in [4.78, 5) is 21.9. The molecule has 0 aliphatic carbocycles. The minimum Gasteiger partial charge on any atom is -0.493 e. The van der Waals surface area contributed by atoms with E-state index in [0.717, 1.165) is 5.39 Å². The van der Waals surface area contributed by atoms with Crippen LogP contribution in [0, 0.1) is 11.3 Å². The number of nitrogens with zero attached hydrogens (tertiary/aromatic N) is 1. The van der Waals surface area contributed by atoms with Crippen LogP contribution in [0.5, 0.6) is 5.75 Å². The molecule has 0 N–H and O–H groups in total. The second kappa shape index (κ2) is 6.57. The zero-order valence-corrected chi connectivity index (χ0v) is 11.4. The molecule has 1 atom stereocenters. The highest BCUT2D eigenvalue weighted by molar-refractivity contribution is 5.77. The number of esters is 1. The van der Waals surface area contributed by atoms with Gasteiger partial charge in [0, 0.05) is 30.9 Å². The van der Waals surface area contributed by atoms with Crippen LogP contribution in [0.15, 0.2) is 39.5 Å². The third kappa shape index (κ3) is 4.08. The standard InChI is InChI=1S/C15H13NO5/c1-10(17)20-13(9-16)6-7-19-12-4-2-11-3-5-15(18)21-14(11)8-12/h2-5,8,13H,6-7H2,1H3. The zero-order chi connectivity index (χ0) is 15.2. The Hall–Kier alpha value is -2.81. The molecule has 0 spiro atoms. The fourth-order valence-corrected chi connectivity index (χ4v) is 1.76. The molecular formula is C15H13NO5. The van der Waals surface area contributed by atoms with Gasteiger partial charge in [-0.25, -0.2) is 4.79 Å². The fraction of sp³-hybridized carbons (Fsp3) is 0.267. The van der Waals surface area contributed by atoms with Gasteiger partial charge >= 0.3 is 11.6 Å². The highest BCUT2D eigenvalue weighted by atomic mass is 16.5.